The highest BCUT2D eigenvalue weighted by Gasteiger charge is 2.41. The Morgan fingerprint density at radius 1 is 1.30 bits per heavy atom. The molecule has 142 valence electrons. The Balaban J connectivity index is 1.41. The van der Waals surface area contributed by atoms with Crippen LogP contribution >= 0.6 is 11.6 Å². The summed E-state index contributed by atoms with van der Waals surface area (Å²) in [6, 6.07) is 6.57. The highest BCUT2D eigenvalue weighted by Crippen LogP contribution is 2.28. The zero-order valence-corrected chi connectivity index (χ0v) is 15.3. The fourth-order valence-electron chi connectivity index (χ4n) is 3.58. The summed E-state index contributed by atoms with van der Waals surface area (Å²) in [6.45, 7) is 0.626. The summed E-state index contributed by atoms with van der Waals surface area (Å²) in [4.78, 5) is 31.9. The zero-order valence-electron chi connectivity index (χ0n) is 14.5. The lowest BCUT2D eigenvalue weighted by Gasteiger charge is -2.35. The van der Waals surface area contributed by atoms with E-state index in [1.54, 1.807) is 29.2 Å². The van der Waals surface area contributed by atoms with Gasteiger partial charge in [0.1, 0.15) is 6.54 Å². The van der Waals surface area contributed by atoms with Crippen molar-refractivity contribution in [2.24, 2.45) is 0 Å². The summed E-state index contributed by atoms with van der Waals surface area (Å²) in [5.74, 6) is 0.264. The van der Waals surface area contributed by atoms with Crippen molar-refractivity contribution in [3.8, 4) is 0 Å². The molecule has 3 amide bonds. The molecule has 0 spiro atoms. The third-order valence-corrected chi connectivity index (χ3v) is 5.25. The van der Waals surface area contributed by atoms with Crippen LogP contribution in [-0.4, -0.2) is 49.6 Å². The van der Waals surface area contributed by atoms with Crippen LogP contribution in [0.25, 0.3) is 0 Å². The van der Waals surface area contributed by atoms with Crippen LogP contribution < -0.4 is 0 Å². The van der Waals surface area contributed by atoms with Crippen LogP contribution in [0.4, 0.5) is 4.79 Å². The van der Waals surface area contributed by atoms with Crippen LogP contribution in [0, 0.1) is 0 Å². The van der Waals surface area contributed by atoms with Crippen molar-refractivity contribution in [2.45, 2.75) is 44.4 Å². The summed E-state index contributed by atoms with van der Waals surface area (Å²) in [6.07, 6.45) is 1.48. The van der Waals surface area contributed by atoms with Gasteiger partial charge in [0.2, 0.25) is 11.8 Å². The van der Waals surface area contributed by atoms with Gasteiger partial charge in [0.25, 0.3) is 0 Å². The third-order valence-electron chi connectivity index (χ3n) is 5.00. The van der Waals surface area contributed by atoms with Crippen molar-refractivity contribution >= 4 is 23.5 Å². The van der Waals surface area contributed by atoms with Crippen LogP contribution in [0.3, 0.4) is 0 Å². The molecule has 3 heterocycles. The Hall–Kier alpha value is -2.45. The molecule has 1 N–H and O–H groups in total. The number of nitrogens with zero attached hydrogens (tertiary/aromatic N) is 4. The molecule has 0 saturated carbocycles. The molecule has 1 aromatic carbocycles. The second-order valence-corrected chi connectivity index (χ2v) is 7.27. The number of hydrogen-bond donors (Lipinski definition) is 1. The van der Waals surface area contributed by atoms with E-state index >= 15 is 0 Å². The monoisotopic (exact) mass is 390 g/mol. The van der Waals surface area contributed by atoms with E-state index in [9.17, 15) is 14.7 Å². The number of aromatic nitrogens is 2. The first-order chi connectivity index (χ1) is 13.0. The number of imide groups is 1. The largest absolute Gasteiger partial charge is 0.388 e. The number of benzene rings is 1. The quantitative estimate of drug-likeness (QED) is 0.840. The van der Waals surface area contributed by atoms with Gasteiger partial charge in [0.05, 0.1) is 6.10 Å². The third kappa shape index (κ3) is 3.68. The minimum atomic E-state index is -0.809. The highest BCUT2D eigenvalue weighted by atomic mass is 35.5. The first kappa shape index (κ1) is 17.9. The molecule has 0 unspecified atom stereocenters. The number of aliphatic hydroxyl groups is 1. The van der Waals surface area contributed by atoms with Gasteiger partial charge in [0.15, 0.2) is 5.82 Å². The smallest absolute Gasteiger partial charge is 0.327 e. The van der Waals surface area contributed by atoms with Crippen molar-refractivity contribution in [3.63, 3.8) is 0 Å². The van der Waals surface area contributed by atoms with Crippen molar-refractivity contribution in [1.82, 2.24) is 19.9 Å². The second-order valence-electron chi connectivity index (χ2n) is 6.83. The topological polar surface area (TPSA) is 99.8 Å². The maximum atomic E-state index is 12.5. The average Bonchev–Trinajstić information content (AvgIpc) is 3.28. The second kappa shape index (κ2) is 7.28. The van der Waals surface area contributed by atoms with Gasteiger partial charge in [-0.15, -0.1) is 0 Å². The molecule has 2 atom stereocenters. The Morgan fingerprint density at radius 3 is 2.85 bits per heavy atom. The Bertz CT molecular complexity index is 853. The van der Waals surface area contributed by atoms with E-state index in [0.29, 0.717) is 29.4 Å². The number of urea groups is 1. The van der Waals surface area contributed by atoms with Crippen molar-refractivity contribution in [2.75, 3.05) is 6.54 Å². The van der Waals surface area contributed by atoms with Gasteiger partial charge in [0, 0.05) is 30.5 Å². The molecular formula is C18H19ClN4O4. The molecule has 2 aromatic rings. The number of rotatable bonds is 5. The maximum absolute atomic E-state index is 12.5. The molecule has 27 heavy (non-hydrogen) atoms. The van der Waals surface area contributed by atoms with Crippen LogP contribution in [0.1, 0.15) is 42.6 Å². The average molecular weight is 391 g/mol. The first-order valence-corrected chi connectivity index (χ1v) is 9.25. The lowest BCUT2D eigenvalue weighted by molar-refractivity contribution is -0.132. The Labute approximate surface area is 160 Å². The molecule has 0 aliphatic carbocycles. The van der Waals surface area contributed by atoms with Gasteiger partial charge < -0.3 is 14.5 Å². The van der Waals surface area contributed by atoms with Crippen molar-refractivity contribution < 1.29 is 19.2 Å². The lowest BCUT2D eigenvalue weighted by Crippen LogP contribution is -2.54. The lowest BCUT2D eigenvalue weighted by atomic mass is 10.1. The number of fused-ring (bicyclic) bond motifs is 1. The van der Waals surface area contributed by atoms with E-state index in [1.807, 2.05) is 0 Å². The van der Waals surface area contributed by atoms with E-state index in [2.05, 4.69) is 10.1 Å². The normalized spacial score (nSPS) is 20.9. The molecule has 2 saturated heterocycles. The van der Waals surface area contributed by atoms with E-state index in [-0.39, 0.29) is 36.8 Å². The highest BCUT2D eigenvalue weighted by molar-refractivity contribution is 6.30. The van der Waals surface area contributed by atoms with Crippen molar-refractivity contribution in [3.05, 3.63) is 46.6 Å². The molecule has 2 aliphatic rings. The number of amides is 3. The zero-order chi connectivity index (χ0) is 19.0. The van der Waals surface area contributed by atoms with Gasteiger partial charge in [-0.25, -0.2) is 4.79 Å². The molecule has 1 aromatic heterocycles. The van der Waals surface area contributed by atoms with Crippen molar-refractivity contribution in [1.29, 1.82) is 0 Å². The SMILES string of the molecule is O=C1C[C@@H]2CCCN2C(=O)N1Cc1nc(C[C@H](O)c2ccc(Cl)cc2)no1. The maximum Gasteiger partial charge on any atom is 0.327 e. The van der Waals surface area contributed by atoms with Crippen LogP contribution in [0.5, 0.6) is 0 Å². The fraction of sp³-hybridized carbons (Fsp3) is 0.444. The number of aliphatic hydroxyl groups excluding tert-OH is 1. The van der Waals surface area contributed by atoms with E-state index in [1.165, 1.54) is 0 Å². The van der Waals surface area contributed by atoms with Gasteiger partial charge in [-0.05, 0) is 30.5 Å². The number of halogens is 1. The molecule has 0 bridgehead atoms. The first-order valence-electron chi connectivity index (χ1n) is 8.87. The van der Waals surface area contributed by atoms with Gasteiger partial charge in [-0.3, -0.25) is 9.69 Å². The minimum Gasteiger partial charge on any atom is -0.388 e. The molecule has 0 radical (unpaired) electrons. The number of carbonyl (C=O) groups is 2. The van der Waals surface area contributed by atoms with Gasteiger partial charge in [-0.2, -0.15) is 4.98 Å². The summed E-state index contributed by atoms with van der Waals surface area (Å²) >= 11 is 5.85. The molecule has 2 fully saturated rings. The van der Waals surface area contributed by atoms with E-state index in [4.69, 9.17) is 16.1 Å². The predicted octanol–water partition coefficient (Wildman–Crippen LogP) is 2.32. The van der Waals surface area contributed by atoms with E-state index in [0.717, 1.165) is 17.7 Å². The number of carbonyl (C=O) groups excluding carboxylic acids is 2. The molecule has 4 rings (SSSR count). The Morgan fingerprint density at radius 2 is 2.07 bits per heavy atom. The molecular weight excluding hydrogens is 372 g/mol. The predicted molar refractivity (Wildman–Crippen MR) is 94.7 cm³/mol. The molecule has 9 heteroatoms. The standard InChI is InChI=1S/C18H19ClN4O4/c19-12-5-3-11(4-6-12)14(24)9-15-20-16(27-21-15)10-23-17(25)8-13-2-1-7-22(13)18(23)26/h3-6,13-14,24H,1-2,7-10H2/t13-,14-/m0/s1. The van der Waals surface area contributed by atoms with Crippen LogP contribution in [0.2, 0.25) is 5.02 Å². The minimum absolute atomic E-state index is 0.0222. The van der Waals surface area contributed by atoms with Gasteiger partial charge in [-0.1, -0.05) is 28.9 Å². The molecule has 8 nitrogen and oxygen atoms in total. The molecule has 2 aliphatic heterocycles. The van der Waals surface area contributed by atoms with Gasteiger partial charge >= 0.3 is 6.03 Å². The summed E-state index contributed by atoms with van der Waals surface area (Å²) in [5, 5.41) is 14.7. The summed E-state index contributed by atoms with van der Waals surface area (Å²) < 4.78 is 5.17. The van der Waals surface area contributed by atoms with Crippen LogP contribution in [0.15, 0.2) is 28.8 Å². The Kier molecular flexibility index (Phi) is 4.84. The summed E-state index contributed by atoms with van der Waals surface area (Å²) in [7, 11) is 0. The van der Waals surface area contributed by atoms with Crippen LogP contribution in [-0.2, 0) is 17.8 Å². The summed E-state index contributed by atoms with van der Waals surface area (Å²) in [5.41, 5.74) is 0.687. The number of hydrogen-bond acceptors (Lipinski definition) is 6. The fourth-order valence-corrected chi connectivity index (χ4v) is 3.70. The van der Waals surface area contributed by atoms with E-state index < -0.39 is 6.10 Å².